The molecule has 0 aliphatic carbocycles. The molecule has 1 saturated heterocycles. The van der Waals surface area contributed by atoms with Crippen LogP contribution in [0.3, 0.4) is 0 Å². The van der Waals surface area contributed by atoms with Gasteiger partial charge < -0.3 is 19.3 Å². The first kappa shape index (κ1) is 18.3. The highest BCUT2D eigenvalue weighted by Gasteiger charge is 2.33. The van der Waals surface area contributed by atoms with E-state index >= 15 is 0 Å². The van der Waals surface area contributed by atoms with Crippen LogP contribution in [0, 0.1) is 0 Å². The third-order valence-corrected chi connectivity index (χ3v) is 4.13. The fourth-order valence-electron chi connectivity index (χ4n) is 2.88. The van der Waals surface area contributed by atoms with Gasteiger partial charge in [-0.2, -0.15) is 0 Å². The van der Waals surface area contributed by atoms with E-state index in [9.17, 15) is 9.90 Å². The van der Waals surface area contributed by atoms with E-state index < -0.39 is 12.1 Å². The van der Waals surface area contributed by atoms with Crippen LogP contribution in [0.1, 0.15) is 18.4 Å². The second-order valence-corrected chi connectivity index (χ2v) is 5.77. The van der Waals surface area contributed by atoms with E-state index in [1.165, 1.54) is 7.11 Å². The van der Waals surface area contributed by atoms with Crippen LogP contribution in [0.25, 0.3) is 0 Å². The van der Waals surface area contributed by atoms with Crippen LogP contribution < -0.4 is 9.47 Å². The van der Waals surface area contributed by atoms with Gasteiger partial charge >= 0.3 is 5.97 Å². The number of likely N-dealkylation sites (tertiary alicyclic amines) is 1. The summed E-state index contributed by atoms with van der Waals surface area (Å²) in [7, 11) is 2.96. The average molecular weight is 335 g/mol. The monoisotopic (exact) mass is 335 g/mol. The van der Waals surface area contributed by atoms with Crippen LogP contribution in [0.2, 0.25) is 0 Å². The molecule has 2 rings (SSSR count). The number of methoxy groups -OCH3 is 2. The van der Waals surface area contributed by atoms with Gasteiger partial charge in [0.15, 0.2) is 11.5 Å². The van der Waals surface area contributed by atoms with E-state index in [4.69, 9.17) is 14.2 Å². The first-order chi connectivity index (χ1) is 11.6. The minimum Gasteiger partial charge on any atom is -0.493 e. The maximum absolute atomic E-state index is 12.0. The van der Waals surface area contributed by atoms with Crippen molar-refractivity contribution in [3.63, 3.8) is 0 Å². The predicted molar refractivity (Wildman–Crippen MR) is 90.1 cm³/mol. The number of hydrogen-bond donors (Lipinski definition) is 1. The normalized spacial score (nSPS) is 21.1. The van der Waals surface area contributed by atoms with E-state index in [2.05, 4.69) is 6.58 Å². The Bertz CT molecular complexity index is 575. The van der Waals surface area contributed by atoms with Crippen molar-refractivity contribution in [2.24, 2.45) is 0 Å². The Balaban J connectivity index is 2.13. The zero-order valence-corrected chi connectivity index (χ0v) is 14.2. The van der Waals surface area contributed by atoms with Crippen molar-refractivity contribution < 1.29 is 24.1 Å². The molecule has 1 fully saturated rings. The summed E-state index contributed by atoms with van der Waals surface area (Å²) >= 11 is 0. The van der Waals surface area contributed by atoms with E-state index in [-0.39, 0.29) is 5.97 Å². The maximum atomic E-state index is 12.0. The molecule has 132 valence electrons. The van der Waals surface area contributed by atoms with Crippen LogP contribution in [0.4, 0.5) is 0 Å². The van der Waals surface area contributed by atoms with Crippen molar-refractivity contribution in [1.29, 1.82) is 0 Å². The van der Waals surface area contributed by atoms with E-state index in [1.807, 2.05) is 23.1 Å². The van der Waals surface area contributed by atoms with Gasteiger partial charge in [-0.3, -0.25) is 9.69 Å². The number of aliphatic hydroxyl groups excluding tert-OH is 1. The maximum Gasteiger partial charge on any atom is 0.323 e. The summed E-state index contributed by atoms with van der Waals surface area (Å²) < 4.78 is 15.8. The third kappa shape index (κ3) is 4.49. The first-order valence-electron chi connectivity index (χ1n) is 7.99. The van der Waals surface area contributed by atoms with Crippen molar-refractivity contribution in [2.75, 3.05) is 27.4 Å². The summed E-state index contributed by atoms with van der Waals surface area (Å²) in [6.07, 6.45) is 2.25. The van der Waals surface area contributed by atoms with Gasteiger partial charge in [0.25, 0.3) is 0 Å². The van der Waals surface area contributed by atoms with E-state index in [0.717, 1.165) is 5.56 Å². The molecule has 0 amide bonds. The van der Waals surface area contributed by atoms with E-state index in [0.29, 0.717) is 44.0 Å². The van der Waals surface area contributed by atoms with Crippen LogP contribution in [-0.2, 0) is 16.1 Å². The molecule has 24 heavy (non-hydrogen) atoms. The van der Waals surface area contributed by atoms with Crippen molar-refractivity contribution in [3.05, 3.63) is 36.4 Å². The summed E-state index contributed by atoms with van der Waals surface area (Å²) in [4.78, 5) is 14.0. The molecule has 2 atom stereocenters. The lowest BCUT2D eigenvalue weighted by atomic mass is 9.98. The molecular weight excluding hydrogens is 310 g/mol. The first-order valence-corrected chi connectivity index (χ1v) is 7.99. The number of nitrogens with zero attached hydrogens (tertiary/aromatic N) is 1. The lowest BCUT2D eigenvalue weighted by molar-refractivity contribution is -0.150. The quantitative estimate of drug-likeness (QED) is 0.605. The van der Waals surface area contributed by atoms with Gasteiger partial charge in [-0.15, -0.1) is 0 Å². The predicted octanol–water partition coefficient (Wildman–Crippen LogP) is 1.76. The Kier molecular flexibility index (Phi) is 6.63. The smallest absolute Gasteiger partial charge is 0.323 e. The topological polar surface area (TPSA) is 68.2 Å². The standard InChI is InChI=1S/C18H25NO5/c1-4-9-24-16-6-5-13(10-17(16)22-2)12-19-8-7-14(20)11-15(19)18(21)23-3/h4-6,10,14-15,20H,1,7-9,11-12H2,2-3H3/t14-,15+/m0/s1. The number of hydrogen-bond acceptors (Lipinski definition) is 6. The summed E-state index contributed by atoms with van der Waals surface area (Å²) in [5, 5.41) is 9.83. The molecule has 0 radical (unpaired) electrons. The Hall–Kier alpha value is -2.05. The van der Waals surface area contributed by atoms with Gasteiger partial charge in [0.05, 0.1) is 20.3 Å². The lowest BCUT2D eigenvalue weighted by Crippen LogP contribution is -2.48. The van der Waals surface area contributed by atoms with Gasteiger partial charge in [-0.05, 0) is 30.5 Å². The van der Waals surface area contributed by atoms with Gasteiger partial charge in [0.2, 0.25) is 0 Å². The number of ether oxygens (including phenoxy) is 3. The minimum atomic E-state index is -0.463. The fourth-order valence-corrected chi connectivity index (χ4v) is 2.88. The zero-order chi connectivity index (χ0) is 17.5. The highest BCUT2D eigenvalue weighted by Crippen LogP contribution is 2.30. The molecule has 0 saturated carbocycles. The van der Waals surface area contributed by atoms with Gasteiger partial charge in [0.1, 0.15) is 12.6 Å². The molecule has 0 spiro atoms. The number of esters is 1. The third-order valence-electron chi connectivity index (χ3n) is 4.13. The summed E-state index contributed by atoms with van der Waals surface area (Å²) in [6.45, 7) is 5.25. The summed E-state index contributed by atoms with van der Waals surface area (Å²) in [6, 6.07) is 5.27. The van der Waals surface area contributed by atoms with Crippen molar-refractivity contribution in [1.82, 2.24) is 4.90 Å². The molecule has 6 nitrogen and oxygen atoms in total. The van der Waals surface area contributed by atoms with Crippen LogP contribution in [-0.4, -0.2) is 55.5 Å². The van der Waals surface area contributed by atoms with Gasteiger partial charge in [0, 0.05) is 13.1 Å². The van der Waals surface area contributed by atoms with Crippen LogP contribution in [0.5, 0.6) is 11.5 Å². The summed E-state index contributed by atoms with van der Waals surface area (Å²) in [5.41, 5.74) is 1.00. The molecule has 0 unspecified atom stereocenters. The largest absolute Gasteiger partial charge is 0.493 e. The Morgan fingerprint density at radius 1 is 1.42 bits per heavy atom. The number of piperidine rings is 1. The Labute approximate surface area is 142 Å². The van der Waals surface area contributed by atoms with Crippen LogP contribution >= 0.6 is 0 Å². The molecule has 1 aliphatic heterocycles. The number of rotatable bonds is 7. The molecule has 0 bridgehead atoms. The molecule has 1 aromatic rings. The molecule has 1 heterocycles. The molecular formula is C18H25NO5. The highest BCUT2D eigenvalue weighted by atomic mass is 16.5. The molecule has 1 N–H and O–H groups in total. The molecule has 6 heteroatoms. The van der Waals surface area contributed by atoms with Gasteiger partial charge in [-0.25, -0.2) is 0 Å². The molecule has 0 aromatic heterocycles. The number of carbonyl (C=O) groups excluding carboxylic acids is 1. The van der Waals surface area contributed by atoms with Crippen LogP contribution in [0.15, 0.2) is 30.9 Å². The van der Waals surface area contributed by atoms with E-state index in [1.54, 1.807) is 13.2 Å². The number of carbonyl (C=O) groups is 1. The zero-order valence-electron chi connectivity index (χ0n) is 14.2. The van der Waals surface area contributed by atoms with Crippen molar-refractivity contribution in [3.8, 4) is 11.5 Å². The lowest BCUT2D eigenvalue weighted by Gasteiger charge is -2.36. The fraction of sp³-hybridized carbons (Fsp3) is 0.500. The average Bonchev–Trinajstić information content (AvgIpc) is 2.61. The Morgan fingerprint density at radius 2 is 2.21 bits per heavy atom. The molecule has 1 aliphatic rings. The second-order valence-electron chi connectivity index (χ2n) is 5.77. The van der Waals surface area contributed by atoms with Crippen molar-refractivity contribution >= 4 is 5.97 Å². The second kappa shape index (κ2) is 8.70. The SMILES string of the molecule is C=CCOc1ccc(CN2CC[C@H](O)C[C@@H]2C(=O)OC)cc1OC. The summed E-state index contributed by atoms with van der Waals surface area (Å²) in [5.74, 6) is 0.979. The minimum absolute atomic E-state index is 0.313. The number of aliphatic hydroxyl groups is 1. The van der Waals surface area contributed by atoms with Gasteiger partial charge in [-0.1, -0.05) is 18.7 Å². The highest BCUT2D eigenvalue weighted by molar-refractivity contribution is 5.75. The number of benzene rings is 1. The Morgan fingerprint density at radius 3 is 2.88 bits per heavy atom. The molecule has 1 aromatic carbocycles. The van der Waals surface area contributed by atoms with Crippen molar-refractivity contribution in [2.45, 2.75) is 31.5 Å².